The molecule has 0 radical (unpaired) electrons. The first-order valence-corrected chi connectivity index (χ1v) is 4.70. The topological polar surface area (TPSA) is 29.9 Å². The van der Waals surface area contributed by atoms with E-state index in [2.05, 4.69) is 10.3 Å². The van der Waals surface area contributed by atoms with Gasteiger partial charge in [-0.1, -0.05) is 6.07 Å². The van der Waals surface area contributed by atoms with Crippen molar-refractivity contribution in [2.24, 2.45) is 7.05 Å². The Labute approximate surface area is 87.6 Å². The van der Waals surface area contributed by atoms with Crippen molar-refractivity contribution in [3.05, 3.63) is 48.3 Å². The summed E-state index contributed by atoms with van der Waals surface area (Å²) in [5, 5.41) is 3.13. The first-order valence-electron chi connectivity index (χ1n) is 4.70. The van der Waals surface area contributed by atoms with E-state index >= 15 is 0 Å². The summed E-state index contributed by atoms with van der Waals surface area (Å²) < 4.78 is 14.8. The predicted octanol–water partition coefficient (Wildman–Crippen LogP) is 2.17. The van der Waals surface area contributed by atoms with Crippen molar-refractivity contribution in [1.29, 1.82) is 0 Å². The molecule has 2 rings (SSSR count). The van der Waals surface area contributed by atoms with Crippen LogP contribution >= 0.6 is 0 Å². The van der Waals surface area contributed by atoms with Gasteiger partial charge >= 0.3 is 0 Å². The lowest BCUT2D eigenvalue weighted by molar-refractivity contribution is 0.628. The molecule has 0 aliphatic heterocycles. The number of benzene rings is 1. The van der Waals surface area contributed by atoms with Gasteiger partial charge in [0.15, 0.2) is 0 Å². The Morgan fingerprint density at radius 2 is 2.33 bits per heavy atom. The molecule has 0 saturated heterocycles. The van der Waals surface area contributed by atoms with Crippen LogP contribution in [0.2, 0.25) is 0 Å². The van der Waals surface area contributed by atoms with E-state index in [0.717, 1.165) is 11.4 Å². The van der Waals surface area contributed by atoms with E-state index in [1.165, 1.54) is 12.1 Å². The van der Waals surface area contributed by atoms with E-state index in [4.69, 9.17) is 0 Å². The summed E-state index contributed by atoms with van der Waals surface area (Å²) in [5.74, 6) is -0.231. The Morgan fingerprint density at radius 3 is 3.00 bits per heavy atom. The smallest absolute Gasteiger partial charge is 0.125 e. The molecule has 1 aromatic heterocycles. The number of nitrogens with zero attached hydrogens (tertiary/aromatic N) is 2. The van der Waals surface area contributed by atoms with Crippen LogP contribution in [0.15, 0.2) is 36.8 Å². The Hall–Kier alpha value is -1.84. The highest BCUT2D eigenvalue weighted by Gasteiger charge is 1.98. The zero-order chi connectivity index (χ0) is 10.7. The molecule has 0 bridgehead atoms. The minimum atomic E-state index is -0.231. The van der Waals surface area contributed by atoms with Gasteiger partial charge in [-0.2, -0.15) is 0 Å². The summed E-state index contributed by atoms with van der Waals surface area (Å²) in [6, 6.07) is 6.41. The van der Waals surface area contributed by atoms with Crippen LogP contribution < -0.4 is 5.32 Å². The van der Waals surface area contributed by atoms with Crippen LogP contribution in [-0.2, 0) is 13.6 Å². The molecule has 0 fully saturated rings. The maximum atomic E-state index is 12.9. The first-order chi connectivity index (χ1) is 7.25. The van der Waals surface area contributed by atoms with Crippen LogP contribution in [0.4, 0.5) is 10.1 Å². The third-order valence-corrected chi connectivity index (χ3v) is 2.21. The standard InChI is InChI=1S/C11H12FN3/c1-15-8-13-6-11(15)7-14-10-4-2-3-9(12)5-10/h2-6,8,14H,7H2,1H3. The van der Waals surface area contributed by atoms with Crippen molar-refractivity contribution in [2.45, 2.75) is 6.54 Å². The number of imidazole rings is 1. The Balaban J connectivity index is 2.02. The fourth-order valence-electron chi connectivity index (χ4n) is 1.35. The summed E-state index contributed by atoms with van der Waals surface area (Å²) in [7, 11) is 1.93. The van der Waals surface area contributed by atoms with Crippen molar-refractivity contribution in [1.82, 2.24) is 9.55 Å². The van der Waals surface area contributed by atoms with Crippen molar-refractivity contribution >= 4 is 5.69 Å². The van der Waals surface area contributed by atoms with Crippen molar-refractivity contribution < 1.29 is 4.39 Å². The van der Waals surface area contributed by atoms with Gasteiger partial charge in [0.25, 0.3) is 0 Å². The third-order valence-electron chi connectivity index (χ3n) is 2.21. The lowest BCUT2D eigenvalue weighted by Crippen LogP contribution is -2.03. The average molecular weight is 205 g/mol. The van der Waals surface area contributed by atoms with Gasteiger partial charge in [-0.25, -0.2) is 9.37 Å². The highest BCUT2D eigenvalue weighted by molar-refractivity contribution is 5.43. The molecule has 0 amide bonds. The molecule has 0 saturated carbocycles. The number of halogens is 1. The molecule has 1 heterocycles. The number of hydrogen-bond acceptors (Lipinski definition) is 2. The van der Waals surface area contributed by atoms with E-state index in [1.54, 1.807) is 18.6 Å². The van der Waals surface area contributed by atoms with Gasteiger partial charge in [0, 0.05) is 18.9 Å². The highest BCUT2D eigenvalue weighted by atomic mass is 19.1. The predicted molar refractivity (Wildman–Crippen MR) is 56.9 cm³/mol. The molecule has 4 heteroatoms. The number of rotatable bonds is 3. The summed E-state index contributed by atoms with van der Waals surface area (Å²) in [6.45, 7) is 0.639. The second kappa shape index (κ2) is 4.13. The molecule has 78 valence electrons. The Morgan fingerprint density at radius 1 is 1.47 bits per heavy atom. The lowest BCUT2D eigenvalue weighted by atomic mass is 10.3. The van der Waals surface area contributed by atoms with Crippen LogP contribution in [-0.4, -0.2) is 9.55 Å². The maximum Gasteiger partial charge on any atom is 0.125 e. The lowest BCUT2D eigenvalue weighted by Gasteiger charge is -2.06. The van der Waals surface area contributed by atoms with Crippen LogP contribution in [0, 0.1) is 5.82 Å². The molecule has 3 nitrogen and oxygen atoms in total. The Bertz CT molecular complexity index is 451. The van der Waals surface area contributed by atoms with E-state index in [0.29, 0.717) is 6.54 Å². The van der Waals surface area contributed by atoms with E-state index in [9.17, 15) is 4.39 Å². The molecule has 0 atom stereocenters. The second-order valence-electron chi connectivity index (χ2n) is 3.36. The molecule has 15 heavy (non-hydrogen) atoms. The molecule has 0 aliphatic rings. The zero-order valence-corrected chi connectivity index (χ0v) is 8.44. The van der Waals surface area contributed by atoms with E-state index in [-0.39, 0.29) is 5.82 Å². The van der Waals surface area contributed by atoms with Gasteiger partial charge in [0.05, 0.1) is 18.6 Å². The molecule has 0 unspecified atom stereocenters. The number of nitrogens with one attached hydrogen (secondary N) is 1. The Kier molecular flexibility index (Phi) is 2.67. The minimum absolute atomic E-state index is 0.231. The molecule has 2 aromatic rings. The zero-order valence-electron chi connectivity index (χ0n) is 8.44. The maximum absolute atomic E-state index is 12.9. The van der Waals surface area contributed by atoms with Gasteiger partial charge in [-0.15, -0.1) is 0 Å². The first kappa shape index (κ1) is 9.71. The van der Waals surface area contributed by atoms with Crippen LogP contribution in [0.1, 0.15) is 5.69 Å². The molecule has 1 N–H and O–H groups in total. The number of aromatic nitrogens is 2. The number of anilines is 1. The summed E-state index contributed by atoms with van der Waals surface area (Å²) >= 11 is 0. The van der Waals surface area contributed by atoms with Crippen molar-refractivity contribution in [3.63, 3.8) is 0 Å². The van der Waals surface area contributed by atoms with Crippen LogP contribution in [0.25, 0.3) is 0 Å². The summed E-state index contributed by atoms with van der Waals surface area (Å²) in [6.07, 6.45) is 3.52. The fourth-order valence-corrected chi connectivity index (χ4v) is 1.35. The molecular weight excluding hydrogens is 193 g/mol. The fraction of sp³-hybridized carbons (Fsp3) is 0.182. The SMILES string of the molecule is Cn1cncc1CNc1cccc(F)c1. The monoisotopic (exact) mass is 205 g/mol. The largest absolute Gasteiger partial charge is 0.379 e. The normalized spacial score (nSPS) is 10.3. The summed E-state index contributed by atoms with van der Waals surface area (Å²) in [4.78, 5) is 4.00. The minimum Gasteiger partial charge on any atom is -0.379 e. The van der Waals surface area contributed by atoms with Gasteiger partial charge in [-0.3, -0.25) is 0 Å². The highest BCUT2D eigenvalue weighted by Crippen LogP contribution is 2.10. The third kappa shape index (κ3) is 2.34. The van der Waals surface area contributed by atoms with Crippen molar-refractivity contribution in [2.75, 3.05) is 5.32 Å². The van der Waals surface area contributed by atoms with Gasteiger partial charge in [0.2, 0.25) is 0 Å². The average Bonchev–Trinajstić information content (AvgIpc) is 2.61. The number of hydrogen-bond donors (Lipinski definition) is 1. The van der Waals surface area contributed by atoms with E-state index in [1.807, 2.05) is 17.7 Å². The van der Waals surface area contributed by atoms with E-state index < -0.39 is 0 Å². The van der Waals surface area contributed by atoms with Gasteiger partial charge in [-0.05, 0) is 18.2 Å². The molecule has 0 aliphatic carbocycles. The van der Waals surface area contributed by atoms with Crippen LogP contribution in [0.3, 0.4) is 0 Å². The van der Waals surface area contributed by atoms with Crippen LogP contribution in [0.5, 0.6) is 0 Å². The molecule has 1 aromatic carbocycles. The molecule has 0 spiro atoms. The van der Waals surface area contributed by atoms with Gasteiger partial charge < -0.3 is 9.88 Å². The van der Waals surface area contributed by atoms with Gasteiger partial charge in [0.1, 0.15) is 5.82 Å². The quantitative estimate of drug-likeness (QED) is 0.832. The van der Waals surface area contributed by atoms with Crippen molar-refractivity contribution in [3.8, 4) is 0 Å². The number of aryl methyl sites for hydroxylation is 1. The second-order valence-corrected chi connectivity index (χ2v) is 3.36. The molecular formula is C11H12FN3. The summed E-state index contributed by atoms with van der Waals surface area (Å²) in [5.41, 5.74) is 1.83.